The summed E-state index contributed by atoms with van der Waals surface area (Å²) in [7, 11) is 1.75. The van der Waals surface area contributed by atoms with E-state index in [1.54, 1.807) is 11.9 Å². The molecule has 0 radical (unpaired) electrons. The molecule has 1 aliphatic rings. The van der Waals surface area contributed by atoms with Gasteiger partial charge in [-0.1, -0.05) is 6.07 Å². The summed E-state index contributed by atoms with van der Waals surface area (Å²) in [5.41, 5.74) is 7.40. The molecule has 86 valence electrons. The maximum Gasteiger partial charge on any atom is 0.264 e. The summed E-state index contributed by atoms with van der Waals surface area (Å²) in [4.78, 5) is 13.0. The van der Waals surface area contributed by atoms with Crippen LogP contribution in [0.4, 0.5) is 5.69 Å². The number of anilines is 1. The molecule has 16 heavy (non-hydrogen) atoms. The molecule has 1 amide bonds. The van der Waals surface area contributed by atoms with Gasteiger partial charge in [0.1, 0.15) is 5.75 Å². The molecule has 2 rings (SSSR count). The molecule has 2 N–H and O–H groups in total. The first-order chi connectivity index (χ1) is 7.39. The fraction of sp³-hybridized carbons (Fsp3) is 0.417. The molecule has 0 saturated carbocycles. The molecule has 0 bridgehead atoms. The van der Waals surface area contributed by atoms with Crippen LogP contribution in [0.5, 0.6) is 5.75 Å². The highest BCUT2D eigenvalue weighted by molar-refractivity contribution is 5.97. The van der Waals surface area contributed by atoms with Crippen LogP contribution in [0.25, 0.3) is 0 Å². The van der Waals surface area contributed by atoms with Crippen molar-refractivity contribution in [3.63, 3.8) is 0 Å². The van der Waals surface area contributed by atoms with Crippen molar-refractivity contribution in [3.8, 4) is 5.75 Å². The predicted molar refractivity (Wildman–Crippen MR) is 62.6 cm³/mol. The standard InChI is InChI=1S/C12H16N2O2/c1-12(2,13)8-4-5-9-10(6-8)16-7-11(15)14(9)3/h4-6H,7,13H2,1-3H3. The molecule has 0 aromatic heterocycles. The van der Waals surface area contributed by atoms with Gasteiger partial charge in [-0.15, -0.1) is 0 Å². The van der Waals surface area contributed by atoms with E-state index in [1.165, 1.54) is 0 Å². The molecule has 4 nitrogen and oxygen atoms in total. The van der Waals surface area contributed by atoms with Crippen LogP contribution >= 0.6 is 0 Å². The van der Waals surface area contributed by atoms with Crippen molar-refractivity contribution >= 4 is 11.6 Å². The second kappa shape index (κ2) is 3.49. The molecule has 0 saturated heterocycles. The van der Waals surface area contributed by atoms with Gasteiger partial charge in [0.2, 0.25) is 0 Å². The Balaban J connectivity index is 2.45. The maximum absolute atomic E-state index is 11.4. The number of hydrogen-bond donors (Lipinski definition) is 1. The van der Waals surface area contributed by atoms with Gasteiger partial charge < -0.3 is 15.4 Å². The summed E-state index contributed by atoms with van der Waals surface area (Å²) in [6.07, 6.45) is 0. The summed E-state index contributed by atoms with van der Waals surface area (Å²) in [5, 5.41) is 0. The van der Waals surface area contributed by atoms with Crippen LogP contribution < -0.4 is 15.4 Å². The second-order valence-corrected chi connectivity index (χ2v) is 4.65. The van der Waals surface area contributed by atoms with E-state index >= 15 is 0 Å². The smallest absolute Gasteiger partial charge is 0.264 e. The van der Waals surface area contributed by atoms with Crippen molar-refractivity contribution in [2.45, 2.75) is 19.4 Å². The van der Waals surface area contributed by atoms with E-state index in [0.29, 0.717) is 0 Å². The SMILES string of the molecule is CN1C(=O)COc2cc(C(C)(C)N)ccc21. The van der Waals surface area contributed by atoms with Crippen molar-refractivity contribution in [3.05, 3.63) is 23.8 Å². The summed E-state index contributed by atoms with van der Waals surface area (Å²) >= 11 is 0. The molecule has 1 heterocycles. The molecule has 0 unspecified atom stereocenters. The summed E-state index contributed by atoms with van der Waals surface area (Å²) in [6.45, 7) is 3.97. The average Bonchev–Trinajstić information content (AvgIpc) is 2.22. The molecule has 4 heteroatoms. The van der Waals surface area contributed by atoms with Gasteiger partial charge in [0.05, 0.1) is 5.69 Å². The largest absolute Gasteiger partial charge is 0.482 e. The lowest BCUT2D eigenvalue weighted by molar-refractivity contribution is -0.120. The van der Waals surface area contributed by atoms with E-state index in [9.17, 15) is 4.79 Å². The summed E-state index contributed by atoms with van der Waals surface area (Å²) < 4.78 is 5.40. The Kier molecular flexibility index (Phi) is 2.39. The number of amides is 1. The highest BCUT2D eigenvalue weighted by Gasteiger charge is 2.24. The van der Waals surface area contributed by atoms with E-state index in [-0.39, 0.29) is 12.5 Å². The van der Waals surface area contributed by atoms with Crippen LogP contribution in [0.2, 0.25) is 0 Å². The maximum atomic E-state index is 11.4. The van der Waals surface area contributed by atoms with E-state index in [0.717, 1.165) is 17.0 Å². The third kappa shape index (κ3) is 1.76. The number of carbonyl (C=O) groups excluding carboxylic acids is 1. The van der Waals surface area contributed by atoms with Crippen LogP contribution in [0.1, 0.15) is 19.4 Å². The molecule has 1 aromatic carbocycles. The number of likely N-dealkylation sites (N-methyl/N-ethyl adjacent to an activating group) is 1. The number of rotatable bonds is 1. The van der Waals surface area contributed by atoms with Crippen molar-refractivity contribution in [2.75, 3.05) is 18.6 Å². The van der Waals surface area contributed by atoms with Gasteiger partial charge in [0.15, 0.2) is 6.61 Å². The Morgan fingerprint density at radius 2 is 2.12 bits per heavy atom. The van der Waals surface area contributed by atoms with Crippen LogP contribution in [0.15, 0.2) is 18.2 Å². The first-order valence-electron chi connectivity index (χ1n) is 5.22. The van der Waals surface area contributed by atoms with E-state index in [4.69, 9.17) is 10.5 Å². The minimum Gasteiger partial charge on any atom is -0.482 e. The monoisotopic (exact) mass is 220 g/mol. The van der Waals surface area contributed by atoms with Crippen molar-refractivity contribution < 1.29 is 9.53 Å². The van der Waals surface area contributed by atoms with E-state index in [1.807, 2.05) is 32.0 Å². The lowest BCUT2D eigenvalue weighted by Crippen LogP contribution is -2.36. The van der Waals surface area contributed by atoms with Gasteiger partial charge in [-0.25, -0.2) is 0 Å². The Hall–Kier alpha value is -1.55. The van der Waals surface area contributed by atoms with Gasteiger partial charge >= 0.3 is 0 Å². The van der Waals surface area contributed by atoms with Crippen LogP contribution in [0.3, 0.4) is 0 Å². The van der Waals surface area contributed by atoms with Gasteiger partial charge in [0, 0.05) is 12.6 Å². The molecule has 0 spiro atoms. The molecule has 1 aromatic rings. The van der Waals surface area contributed by atoms with Crippen molar-refractivity contribution in [1.82, 2.24) is 0 Å². The first kappa shape index (κ1) is 11.0. The fourth-order valence-corrected chi connectivity index (χ4v) is 1.68. The lowest BCUT2D eigenvalue weighted by Gasteiger charge is -2.28. The van der Waals surface area contributed by atoms with Crippen LogP contribution in [-0.2, 0) is 10.3 Å². The topological polar surface area (TPSA) is 55.6 Å². The zero-order valence-corrected chi connectivity index (χ0v) is 9.78. The Labute approximate surface area is 95.0 Å². The second-order valence-electron chi connectivity index (χ2n) is 4.65. The molecular weight excluding hydrogens is 204 g/mol. The zero-order chi connectivity index (χ0) is 11.9. The number of benzene rings is 1. The van der Waals surface area contributed by atoms with Gasteiger partial charge in [0.25, 0.3) is 5.91 Å². The number of nitrogens with two attached hydrogens (primary N) is 1. The number of hydrogen-bond acceptors (Lipinski definition) is 3. The third-order valence-electron chi connectivity index (χ3n) is 2.79. The van der Waals surface area contributed by atoms with Gasteiger partial charge in [-0.05, 0) is 31.5 Å². The molecular formula is C12H16N2O2. The van der Waals surface area contributed by atoms with E-state index in [2.05, 4.69) is 0 Å². The Bertz CT molecular complexity index is 435. The number of fused-ring (bicyclic) bond motifs is 1. The summed E-state index contributed by atoms with van der Waals surface area (Å²) in [5.74, 6) is 0.686. The summed E-state index contributed by atoms with van der Waals surface area (Å²) in [6, 6.07) is 5.70. The quantitative estimate of drug-likeness (QED) is 0.774. The minimum atomic E-state index is -0.404. The molecule has 0 aliphatic carbocycles. The molecule has 0 fully saturated rings. The van der Waals surface area contributed by atoms with Crippen molar-refractivity contribution in [2.24, 2.45) is 5.73 Å². The van der Waals surface area contributed by atoms with Gasteiger partial charge in [-0.2, -0.15) is 0 Å². The number of nitrogens with zero attached hydrogens (tertiary/aromatic N) is 1. The van der Waals surface area contributed by atoms with Gasteiger partial charge in [-0.3, -0.25) is 4.79 Å². The Morgan fingerprint density at radius 3 is 2.75 bits per heavy atom. The zero-order valence-electron chi connectivity index (χ0n) is 9.78. The highest BCUT2D eigenvalue weighted by Crippen LogP contribution is 2.34. The average molecular weight is 220 g/mol. The number of carbonyl (C=O) groups is 1. The highest BCUT2D eigenvalue weighted by atomic mass is 16.5. The van der Waals surface area contributed by atoms with Crippen molar-refractivity contribution in [1.29, 1.82) is 0 Å². The molecule has 1 aliphatic heterocycles. The number of ether oxygens (including phenoxy) is 1. The third-order valence-corrected chi connectivity index (χ3v) is 2.79. The Morgan fingerprint density at radius 1 is 1.44 bits per heavy atom. The predicted octanol–water partition coefficient (Wildman–Crippen LogP) is 1.24. The fourth-order valence-electron chi connectivity index (χ4n) is 1.68. The lowest BCUT2D eigenvalue weighted by atomic mass is 9.95. The van der Waals surface area contributed by atoms with Crippen LogP contribution in [-0.4, -0.2) is 19.6 Å². The molecule has 0 atom stereocenters. The van der Waals surface area contributed by atoms with E-state index < -0.39 is 5.54 Å². The minimum absolute atomic E-state index is 0.0349. The van der Waals surface area contributed by atoms with Crippen LogP contribution in [0, 0.1) is 0 Å². The first-order valence-corrected chi connectivity index (χ1v) is 5.22. The normalized spacial score (nSPS) is 15.8.